The van der Waals surface area contributed by atoms with Gasteiger partial charge < -0.3 is 16.8 Å². The number of carbonyl (C=O) groups is 1. The van der Waals surface area contributed by atoms with E-state index >= 15 is 0 Å². The Hall–Kier alpha value is -1.40. The molecule has 0 aliphatic carbocycles. The number of nitrogens with zero attached hydrogens (tertiary/aromatic N) is 1. The van der Waals surface area contributed by atoms with Crippen LogP contribution in [0.25, 0.3) is 0 Å². The van der Waals surface area contributed by atoms with Gasteiger partial charge in [0.25, 0.3) is 0 Å². The van der Waals surface area contributed by atoms with E-state index in [9.17, 15) is 4.79 Å². The minimum Gasteiger partial charge on any atom is -0.325 e. The van der Waals surface area contributed by atoms with Gasteiger partial charge in [-0.3, -0.25) is 9.89 Å². The van der Waals surface area contributed by atoms with Gasteiger partial charge in [-0.25, -0.2) is 0 Å². The van der Waals surface area contributed by atoms with Crippen LogP contribution in [-0.2, 0) is 11.3 Å². The first kappa shape index (κ1) is 8.69. The van der Waals surface area contributed by atoms with Gasteiger partial charge in [0.15, 0.2) is 0 Å². The van der Waals surface area contributed by atoms with Crippen LogP contribution in [0.3, 0.4) is 0 Å². The second-order valence-electron chi connectivity index (χ2n) is 2.22. The van der Waals surface area contributed by atoms with Gasteiger partial charge in [0.1, 0.15) is 0 Å². The van der Waals surface area contributed by atoms with E-state index in [1.807, 2.05) is 0 Å². The molecule has 0 aliphatic heterocycles. The molecular weight excluding hydrogens is 158 g/mol. The first-order chi connectivity index (χ1) is 5.77. The molecule has 0 saturated carbocycles. The predicted octanol–water partition coefficient (Wildman–Crippen LogP) is -1.23. The number of nitrogens with one attached hydrogen (secondary N) is 2. The van der Waals surface area contributed by atoms with Crippen molar-refractivity contribution in [2.75, 3.05) is 11.9 Å². The summed E-state index contributed by atoms with van der Waals surface area (Å²) in [6.45, 7) is 0.259. The van der Waals surface area contributed by atoms with Crippen LogP contribution in [0.15, 0.2) is 6.20 Å². The van der Waals surface area contributed by atoms with Crippen molar-refractivity contribution in [1.82, 2.24) is 10.2 Å². The van der Waals surface area contributed by atoms with Gasteiger partial charge in [-0.05, 0) is 0 Å². The van der Waals surface area contributed by atoms with Gasteiger partial charge in [0.05, 0.1) is 24.1 Å². The van der Waals surface area contributed by atoms with Crippen molar-refractivity contribution in [2.45, 2.75) is 6.54 Å². The van der Waals surface area contributed by atoms with Crippen molar-refractivity contribution < 1.29 is 4.79 Å². The lowest BCUT2D eigenvalue weighted by Crippen LogP contribution is -2.22. The summed E-state index contributed by atoms with van der Waals surface area (Å²) in [7, 11) is 0. The Morgan fingerprint density at radius 2 is 2.42 bits per heavy atom. The molecule has 12 heavy (non-hydrogen) atoms. The standard InChI is InChI=1S/C6H11N5O/c7-1-4-5(3-9-11-4)10-6(12)2-8/h3H,1-2,7-8H2,(H,9,11)(H,10,12). The van der Waals surface area contributed by atoms with E-state index in [0.717, 1.165) is 0 Å². The zero-order chi connectivity index (χ0) is 8.97. The Kier molecular flexibility index (Phi) is 2.78. The minimum absolute atomic E-state index is 0.0464. The monoisotopic (exact) mass is 169 g/mol. The number of hydrogen-bond donors (Lipinski definition) is 4. The molecule has 0 aromatic carbocycles. The van der Waals surface area contributed by atoms with E-state index < -0.39 is 0 Å². The fourth-order valence-electron chi connectivity index (χ4n) is 0.777. The van der Waals surface area contributed by atoms with Gasteiger partial charge >= 0.3 is 0 Å². The number of anilines is 1. The maximum Gasteiger partial charge on any atom is 0.238 e. The molecule has 0 radical (unpaired) electrons. The van der Waals surface area contributed by atoms with E-state index in [2.05, 4.69) is 15.5 Å². The molecule has 0 bridgehead atoms. The first-order valence-electron chi connectivity index (χ1n) is 3.50. The molecule has 6 heteroatoms. The number of H-pyrrole nitrogens is 1. The van der Waals surface area contributed by atoms with Crippen molar-refractivity contribution in [3.63, 3.8) is 0 Å². The number of aromatic nitrogens is 2. The summed E-state index contributed by atoms with van der Waals surface area (Å²) < 4.78 is 0. The molecule has 66 valence electrons. The van der Waals surface area contributed by atoms with E-state index in [1.54, 1.807) is 0 Å². The minimum atomic E-state index is -0.258. The highest BCUT2D eigenvalue weighted by molar-refractivity contribution is 5.92. The predicted molar refractivity (Wildman–Crippen MR) is 44.2 cm³/mol. The third-order valence-electron chi connectivity index (χ3n) is 1.38. The molecule has 1 aromatic rings. The molecule has 0 fully saturated rings. The molecule has 0 aliphatic rings. The largest absolute Gasteiger partial charge is 0.325 e. The maximum absolute atomic E-state index is 10.8. The molecule has 0 spiro atoms. The van der Waals surface area contributed by atoms with Gasteiger partial charge in [-0.1, -0.05) is 0 Å². The first-order valence-corrected chi connectivity index (χ1v) is 3.50. The molecule has 6 N–H and O–H groups in total. The lowest BCUT2D eigenvalue weighted by atomic mass is 10.3. The average Bonchev–Trinajstić information content (AvgIpc) is 2.51. The number of amides is 1. The Balaban J connectivity index is 2.68. The lowest BCUT2D eigenvalue weighted by Gasteiger charge is -2.01. The fraction of sp³-hybridized carbons (Fsp3) is 0.333. The molecule has 0 unspecified atom stereocenters. The van der Waals surface area contributed by atoms with E-state index in [1.165, 1.54) is 6.20 Å². The topological polar surface area (TPSA) is 110 Å². The number of hydrogen-bond acceptors (Lipinski definition) is 4. The van der Waals surface area contributed by atoms with Gasteiger partial charge in [-0.2, -0.15) is 5.10 Å². The van der Waals surface area contributed by atoms with Crippen LogP contribution >= 0.6 is 0 Å². The molecule has 1 aromatic heterocycles. The molecule has 1 heterocycles. The van der Waals surface area contributed by atoms with E-state index in [4.69, 9.17) is 11.5 Å². The molecule has 0 atom stereocenters. The van der Waals surface area contributed by atoms with Gasteiger partial charge in [0.2, 0.25) is 5.91 Å². The van der Waals surface area contributed by atoms with Crippen LogP contribution < -0.4 is 16.8 Å². The summed E-state index contributed by atoms with van der Waals surface area (Å²) in [5.41, 5.74) is 11.7. The molecule has 1 amide bonds. The fourth-order valence-corrected chi connectivity index (χ4v) is 0.777. The highest BCUT2D eigenvalue weighted by Gasteiger charge is 2.05. The van der Waals surface area contributed by atoms with Gasteiger partial charge in [0, 0.05) is 6.54 Å². The second-order valence-corrected chi connectivity index (χ2v) is 2.22. The second kappa shape index (κ2) is 3.84. The Labute approximate surface area is 69.3 Å². The number of carbonyl (C=O) groups excluding carboxylic acids is 1. The van der Waals surface area contributed by atoms with Crippen molar-refractivity contribution in [3.8, 4) is 0 Å². The molecular formula is C6H11N5O. The van der Waals surface area contributed by atoms with Crippen LogP contribution in [0.5, 0.6) is 0 Å². The van der Waals surface area contributed by atoms with Gasteiger partial charge in [-0.15, -0.1) is 0 Å². The van der Waals surface area contributed by atoms with Crippen LogP contribution in [-0.4, -0.2) is 22.6 Å². The SMILES string of the molecule is NCC(=O)Nc1cn[nH]c1CN. The molecule has 0 saturated heterocycles. The number of rotatable bonds is 3. The zero-order valence-electron chi connectivity index (χ0n) is 6.50. The number of aromatic amines is 1. The summed E-state index contributed by atoms with van der Waals surface area (Å²) >= 11 is 0. The zero-order valence-corrected chi connectivity index (χ0v) is 6.50. The summed E-state index contributed by atoms with van der Waals surface area (Å²) in [6.07, 6.45) is 1.50. The molecule has 6 nitrogen and oxygen atoms in total. The van der Waals surface area contributed by atoms with Crippen molar-refractivity contribution in [1.29, 1.82) is 0 Å². The Morgan fingerprint density at radius 3 is 3.00 bits per heavy atom. The van der Waals surface area contributed by atoms with Crippen LogP contribution in [0.4, 0.5) is 5.69 Å². The van der Waals surface area contributed by atoms with E-state index in [-0.39, 0.29) is 12.5 Å². The third-order valence-corrected chi connectivity index (χ3v) is 1.38. The van der Waals surface area contributed by atoms with Crippen LogP contribution in [0, 0.1) is 0 Å². The Bertz CT molecular complexity index is 269. The van der Waals surface area contributed by atoms with E-state index in [0.29, 0.717) is 17.9 Å². The highest BCUT2D eigenvalue weighted by Crippen LogP contribution is 2.09. The van der Waals surface area contributed by atoms with Crippen molar-refractivity contribution in [3.05, 3.63) is 11.9 Å². The summed E-state index contributed by atoms with van der Waals surface area (Å²) in [5.74, 6) is -0.258. The quantitative estimate of drug-likeness (QED) is 0.454. The highest BCUT2D eigenvalue weighted by atomic mass is 16.1. The number of nitrogens with two attached hydrogens (primary N) is 2. The third kappa shape index (κ3) is 1.80. The normalized spacial score (nSPS) is 9.83. The average molecular weight is 169 g/mol. The Morgan fingerprint density at radius 1 is 1.67 bits per heavy atom. The lowest BCUT2D eigenvalue weighted by molar-refractivity contribution is -0.114. The summed E-state index contributed by atoms with van der Waals surface area (Å²) in [6, 6.07) is 0. The summed E-state index contributed by atoms with van der Waals surface area (Å²) in [5, 5.41) is 8.93. The smallest absolute Gasteiger partial charge is 0.238 e. The van der Waals surface area contributed by atoms with Crippen LogP contribution in [0.1, 0.15) is 5.69 Å². The maximum atomic E-state index is 10.8. The van der Waals surface area contributed by atoms with Crippen LogP contribution in [0.2, 0.25) is 0 Å². The molecule has 1 rings (SSSR count). The van der Waals surface area contributed by atoms with Crippen molar-refractivity contribution >= 4 is 11.6 Å². The van der Waals surface area contributed by atoms with Crippen molar-refractivity contribution in [2.24, 2.45) is 11.5 Å². The summed E-state index contributed by atoms with van der Waals surface area (Å²) in [4.78, 5) is 10.8.